The Balaban J connectivity index is 2.28. The second-order valence-corrected chi connectivity index (χ2v) is 9.16. The van der Waals surface area contributed by atoms with E-state index in [0.29, 0.717) is 0 Å². The molecule has 0 saturated heterocycles. The van der Waals surface area contributed by atoms with E-state index in [2.05, 4.69) is 65.8 Å². The van der Waals surface area contributed by atoms with Crippen LogP contribution in [0.5, 0.6) is 0 Å². The average Bonchev–Trinajstić information content (AvgIpc) is 2.83. The van der Waals surface area contributed by atoms with Crippen LogP contribution in [0, 0.1) is 10.8 Å². The van der Waals surface area contributed by atoms with Gasteiger partial charge >= 0.3 is 125 Å². The van der Waals surface area contributed by atoms with Gasteiger partial charge in [0.25, 0.3) is 0 Å². The van der Waals surface area contributed by atoms with Crippen LogP contribution in [0.1, 0.15) is 54.4 Å². The molecule has 0 aliphatic heterocycles. The Hall–Kier alpha value is -0.521. The third kappa shape index (κ3) is 3.33. The Morgan fingerprint density at radius 3 is 1.42 bits per heavy atom. The van der Waals surface area contributed by atoms with Crippen LogP contribution in [0.25, 0.3) is 0 Å². The van der Waals surface area contributed by atoms with Gasteiger partial charge in [0, 0.05) is 0 Å². The molecule has 0 aromatic heterocycles. The summed E-state index contributed by atoms with van der Waals surface area (Å²) in [4.78, 5) is 0. The first-order chi connectivity index (χ1) is 8.69. The van der Waals surface area contributed by atoms with Gasteiger partial charge in [-0.25, -0.2) is 0 Å². The van der Waals surface area contributed by atoms with Gasteiger partial charge in [0.15, 0.2) is 0 Å². The summed E-state index contributed by atoms with van der Waals surface area (Å²) in [6.45, 7) is 14.0. The summed E-state index contributed by atoms with van der Waals surface area (Å²) < 4.78 is 3.33. The molecule has 0 unspecified atom stereocenters. The van der Waals surface area contributed by atoms with Crippen molar-refractivity contribution < 1.29 is 15.0 Å². The van der Waals surface area contributed by atoms with Gasteiger partial charge in [-0.15, -0.1) is 0 Å². The molecule has 0 saturated carbocycles. The van der Waals surface area contributed by atoms with E-state index in [1.807, 2.05) is 0 Å². The maximum absolute atomic E-state index is 2.35. The molecule has 0 amide bonds. The number of hydrogen-bond donors (Lipinski definition) is 0. The monoisotopic (exact) mass is 297 g/mol. The first-order valence-electron chi connectivity index (χ1n) is 7.15. The fraction of sp³-hybridized carbons (Fsp3) is 0.556. The normalized spacial score (nSPS) is 20.1. The van der Waals surface area contributed by atoms with Crippen LogP contribution in [0.2, 0.25) is 0 Å². The molecule has 0 spiro atoms. The molecular weight excluding hydrogens is 271 g/mol. The molecule has 0 fully saturated rings. The van der Waals surface area contributed by atoms with Gasteiger partial charge in [0.2, 0.25) is 0 Å². The van der Waals surface area contributed by atoms with E-state index in [1.54, 1.807) is 20.1 Å². The molecule has 0 radical (unpaired) electrons. The van der Waals surface area contributed by atoms with E-state index < -0.39 is 0 Å². The molecule has 0 bridgehead atoms. The van der Waals surface area contributed by atoms with Gasteiger partial charge in [-0.2, -0.15) is 0 Å². The zero-order chi connectivity index (χ0) is 14.3. The summed E-state index contributed by atoms with van der Waals surface area (Å²) in [6, 6.07) is 0. The quantitative estimate of drug-likeness (QED) is 0.583. The van der Waals surface area contributed by atoms with Crippen molar-refractivity contribution >= 4 is 0 Å². The molecule has 105 valence electrons. The molecule has 0 nitrogen and oxygen atoms in total. The van der Waals surface area contributed by atoms with Crippen molar-refractivity contribution in [2.75, 3.05) is 0 Å². The number of allylic oxidation sites excluding steroid dienone is 8. The van der Waals surface area contributed by atoms with Crippen molar-refractivity contribution in [3.63, 3.8) is 0 Å². The molecular formula is C18H26Mn. The van der Waals surface area contributed by atoms with Crippen molar-refractivity contribution in [2.45, 2.75) is 54.4 Å². The second kappa shape index (κ2) is 5.11. The van der Waals surface area contributed by atoms with Gasteiger partial charge < -0.3 is 0 Å². The maximum atomic E-state index is 2.35. The first-order valence-corrected chi connectivity index (χ1v) is 8.33. The molecule has 2 aliphatic carbocycles. The Morgan fingerprint density at radius 1 is 0.737 bits per heavy atom. The molecule has 2 aliphatic rings. The van der Waals surface area contributed by atoms with E-state index in [0.717, 1.165) is 27.8 Å². The predicted octanol–water partition coefficient (Wildman–Crippen LogP) is 5.59. The van der Waals surface area contributed by atoms with Crippen LogP contribution < -0.4 is 0 Å². The Labute approximate surface area is 124 Å². The molecule has 2 rings (SSSR count). The van der Waals surface area contributed by atoms with Crippen molar-refractivity contribution in [2.24, 2.45) is 10.8 Å². The summed E-state index contributed by atoms with van der Waals surface area (Å²) in [6.07, 6.45) is 11.7. The molecule has 0 aromatic rings. The predicted molar refractivity (Wildman–Crippen MR) is 80.5 cm³/mol. The summed E-state index contributed by atoms with van der Waals surface area (Å²) in [5.74, 6) is 0. The topological polar surface area (TPSA) is 0 Å². The molecule has 0 atom stereocenters. The van der Waals surface area contributed by atoms with Crippen molar-refractivity contribution in [3.8, 4) is 0 Å². The summed E-state index contributed by atoms with van der Waals surface area (Å²) in [5, 5.41) is 0. The average molecular weight is 297 g/mol. The van der Waals surface area contributed by atoms with Crippen LogP contribution >= 0.6 is 0 Å². The number of rotatable bonds is 2. The fourth-order valence-corrected chi connectivity index (χ4v) is 4.94. The molecule has 0 aromatic carbocycles. The van der Waals surface area contributed by atoms with Crippen molar-refractivity contribution in [1.29, 1.82) is 0 Å². The van der Waals surface area contributed by atoms with Crippen LogP contribution in [0.15, 0.2) is 44.4 Å². The first kappa shape index (κ1) is 14.9. The Kier molecular flexibility index (Phi) is 4.00. The van der Waals surface area contributed by atoms with Crippen molar-refractivity contribution in [3.05, 3.63) is 44.4 Å². The van der Waals surface area contributed by atoms with Gasteiger partial charge in [-0.3, -0.25) is 0 Å². The van der Waals surface area contributed by atoms with E-state index in [9.17, 15) is 0 Å². The van der Waals surface area contributed by atoms with Crippen LogP contribution in [0.4, 0.5) is 0 Å². The summed E-state index contributed by atoms with van der Waals surface area (Å²) in [5.41, 5.74) is 3.70. The van der Waals surface area contributed by atoms with Gasteiger partial charge in [-0.05, 0) is 0 Å². The van der Waals surface area contributed by atoms with E-state index in [1.165, 1.54) is 0 Å². The third-order valence-corrected chi connectivity index (χ3v) is 5.42. The molecule has 1 heteroatoms. The van der Waals surface area contributed by atoms with Crippen LogP contribution in [-0.4, -0.2) is 0 Å². The standard InChI is InChI=1S/2C9H13.Mn/c2*1-9(2,3)8-6-4-5-7-8;/h2*4,6H,5H2,1-3H3;. The second-order valence-electron chi connectivity index (χ2n) is 7.44. The van der Waals surface area contributed by atoms with Crippen molar-refractivity contribution in [1.82, 2.24) is 0 Å². The van der Waals surface area contributed by atoms with E-state index in [4.69, 9.17) is 0 Å². The fourth-order valence-electron chi connectivity index (χ4n) is 2.59. The number of hydrogen-bond acceptors (Lipinski definition) is 0. The van der Waals surface area contributed by atoms with Crippen LogP contribution in [0.3, 0.4) is 0 Å². The zero-order valence-electron chi connectivity index (χ0n) is 13.1. The molecule has 0 heterocycles. The zero-order valence-corrected chi connectivity index (χ0v) is 14.3. The SMILES string of the molecule is CC(C)(C)C1=[C]([Mn][C]2=C(C(C)(C)C)C=CC2)CC=C1. The van der Waals surface area contributed by atoms with Gasteiger partial charge in [0.05, 0.1) is 0 Å². The van der Waals surface area contributed by atoms with Gasteiger partial charge in [0.1, 0.15) is 0 Å². The summed E-state index contributed by atoms with van der Waals surface area (Å²) in [7, 11) is 0. The minimum absolute atomic E-state index is 0.282. The van der Waals surface area contributed by atoms with E-state index in [-0.39, 0.29) is 10.8 Å². The Morgan fingerprint density at radius 2 is 1.11 bits per heavy atom. The van der Waals surface area contributed by atoms with Gasteiger partial charge in [-0.1, -0.05) is 0 Å². The Bertz CT molecular complexity index is 439. The van der Waals surface area contributed by atoms with E-state index >= 15 is 0 Å². The summed E-state index contributed by atoms with van der Waals surface area (Å²) >= 11 is 0.846. The van der Waals surface area contributed by atoms with Crippen LogP contribution in [-0.2, 0) is 15.0 Å². The molecule has 0 N–H and O–H groups in total. The molecule has 19 heavy (non-hydrogen) atoms. The third-order valence-electron chi connectivity index (χ3n) is 3.59. The minimum atomic E-state index is 0.282.